The van der Waals surface area contributed by atoms with Gasteiger partial charge in [-0.05, 0) is 83.3 Å². The number of thiophene rings is 2. The summed E-state index contributed by atoms with van der Waals surface area (Å²) in [5.41, 5.74) is 2.46. The van der Waals surface area contributed by atoms with Crippen LogP contribution in [0.25, 0.3) is 30.3 Å². The highest BCUT2D eigenvalue weighted by molar-refractivity contribution is 7.31. The molecule has 2 aromatic carbocycles. The molecular weight excluding hydrogens is 820 g/mol. The van der Waals surface area contributed by atoms with E-state index in [0.717, 1.165) is 14.3 Å². The van der Waals surface area contributed by atoms with Crippen LogP contribution >= 0.6 is 22.7 Å². The number of fused-ring (bicyclic) bond motifs is 3. The molecule has 0 amide bonds. The van der Waals surface area contributed by atoms with Gasteiger partial charge in [-0.25, -0.2) is 0 Å². The predicted molar refractivity (Wildman–Crippen MR) is 187 cm³/mol. The van der Waals surface area contributed by atoms with Crippen LogP contribution in [0.15, 0.2) is 48.5 Å². The minimum absolute atomic E-state index is 0.102. The lowest BCUT2D eigenvalue weighted by molar-refractivity contribution is -0.181. The summed E-state index contributed by atoms with van der Waals surface area (Å²) in [7, 11) is 0. The Morgan fingerprint density at radius 2 is 0.825 bits per heavy atom. The van der Waals surface area contributed by atoms with Crippen molar-refractivity contribution < 1.29 is 77.6 Å². The van der Waals surface area contributed by atoms with Crippen LogP contribution in [-0.4, -0.2) is 42.4 Å². The molecule has 4 aromatic rings. The Labute approximate surface area is 325 Å². The average molecular weight is 851 g/mol. The summed E-state index contributed by atoms with van der Waals surface area (Å²) in [6, 6.07) is 13.4. The van der Waals surface area contributed by atoms with Crippen molar-refractivity contribution in [2.45, 2.75) is 101 Å². The van der Waals surface area contributed by atoms with Crippen LogP contribution < -0.4 is 0 Å². The molecule has 19 heteroatoms. The van der Waals surface area contributed by atoms with Gasteiger partial charge in [0.2, 0.25) is 0 Å². The minimum Gasteiger partial charge on any atom is -0.457 e. The molecule has 57 heavy (non-hydrogen) atoms. The number of ether oxygens (including phenoxy) is 4. The predicted octanol–water partition coefficient (Wildman–Crippen LogP) is 11.5. The van der Waals surface area contributed by atoms with E-state index in [1.54, 1.807) is 31.2 Å². The van der Waals surface area contributed by atoms with Gasteiger partial charge in [0.1, 0.15) is 43.7 Å². The molecule has 0 radical (unpaired) electrons. The van der Waals surface area contributed by atoms with Gasteiger partial charge in [0.05, 0.1) is 0 Å². The van der Waals surface area contributed by atoms with Gasteiger partial charge in [-0.1, -0.05) is 31.2 Å². The van der Waals surface area contributed by atoms with Crippen LogP contribution in [0.2, 0.25) is 0 Å². The third-order valence-corrected chi connectivity index (χ3v) is 11.5. The SMILES string of the molecule is CCC(=O)OC1CCC(OC(=O)CC(F)(F)F)c2cc(-c3cc4sc(-c5ccc6c(c5)C(OC(=O)CC(F)(F)F)CCC6OC(=O)CC(F)(F)F)cc4s3)ccc21. The summed E-state index contributed by atoms with van der Waals surface area (Å²) < 4.78 is 139. The molecule has 6 rings (SSSR count). The van der Waals surface area contributed by atoms with Gasteiger partial charge in [0, 0.05) is 25.6 Å². The maximum atomic E-state index is 12.9. The topological polar surface area (TPSA) is 105 Å². The molecule has 306 valence electrons. The molecule has 2 aliphatic rings. The van der Waals surface area contributed by atoms with Gasteiger partial charge >= 0.3 is 42.4 Å². The van der Waals surface area contributed by atoms with E-state index in [9.17, 15) is 58.7 Å². The summed E-state index contributed by atoms with van der Waals surface area (Å²) in [5.74, 6) is -5.01. The van der Waals surface area contributed by atoms with Crippen LogP contribution in [0.4, 0.5) is 39.5 Å². The molecule has 4 atom stereocenters. The van der Waals surface area contributed by atoms with E-state index in [0.29, 0.717) is 27.1 Å². The van der Waals surface area contributed by atoms with Gasteiger partial charge < -0.3 is 18.9 Å². The van der Waals surface area contributed by atoms with Gasteiger partial charge in [0.25, 0.3) is 0 Å². The van der Waals surface area contributed by atoms with Gasteiger partial charge in [-0.3, -0.25) is 19.2 Å². The van der Waals surface area contributed by atoms with Crippen LogP contribution in [0.3, 0.4) is 0 Å². The normalized spacial score (nSPS) is 19.7. The van der Waals surface area contributed by atoms with Crippen LogP contribution in [0.5, 0.6) is 0 Å². The highest BCUT2D eigenvalue weighted by Gasteiger charge is 2.39. The molecule has 0 aliphatic heterocycles. The Hall–Kier alpha value is -4.65. The highest BCUT2D eigenvalue weighted by Crippen LogP contribution is 2.48. The average Bonchev–Trinajstić information content (AvgIpc) is 3.68. The molecule has 2 heterocycles. The quantitative estimate of drug-likeness (QED) is 0.0882. The van der Waals surface area contributed by atoms with E-state index in [-0.39, 0.29) is 43.2 Å². The van der Waals surface area contributed by atoms with E-state index >= 15 is 0 Å². The lowest BCUT2D eigenvalue weighted by Gasteiger charge is -2.31. The number of esters is 4. The van der Waals surface area contributed by atoms with Crippen molar-refractivity contribution in [1.29, 1.82) is 0 Å². The number of carbonyl (C=O) groups is 4. The Bertz CT molecular complexity index is 2140. The number of rotatable bonds is 10. The molecule has 0 saturated heterocycles. The number of carbonyl (C=O) groups excluding carboxylic acids is 4. The number of hydrogen-bond donors (Lipinski definition) is 0. The fourth-order valence-electron chi connectivity index (χ4n) is 6.77. The molecule has 0 spiro atoms. The Morgan fingerprint density at radius 3 is 1.14 bits per heavy atom. The van der Waals surface area contributed by atoms with Crippen molar-refractivity contribution in [3.63, 3.8) is 0 Å². The molecular formula is C38H31F9O8S2. The molecule has 4 unspecified atom stereocenters. The molecule has 0 fully saturated rings. The molecule has 2 aromatic heterocycles. The molecule has 2 aliphatic carbocycles. The van der Waals surface area contributed by atoms with Crippen LogP contribution in [0, 0.1) is 0 Å². The zero-order valence-corrected chi connectivity index (χ0v) is 31.2. The summed E-state index contributed by atoms with van der Waals surface area (Å²) in [4.78, 5) is 49.9. The lowest BCUT2D eigenvalue weighted by atomic mass is 9.85. The van der Waals surface area contributed by atoms with Crippen LogP contribution in [0.1, 0.15) is 105 Å². The van der Waals surface area contributed by atoms with Crippen molar-refractivity contribution in [2.75, 3.05) is 0 Å². The lowest BCUT2D eigenvalue weighted by Crippen LogP contribution is -2.26. The first-order valence-corrected chi connectivity index (χ1v) is 19.1. The van der Waals surface area contributed by atoms with Crippen molar-refractivity contribution in [1.82, 2.24) is 0 Å². The maximum absolute atomic E-state index is 12.9. The summed E-state index contributed by atoms with van der Waals surface area (Å²) in [5, 5.41) is 0. The van der Waals surface area contributed by atoms with E-state index in [1.807, 2.05) is 12.1 Å². The summed E-state index contributed by atoms with van der Waals surface area (Å²) >= 11 is 2.67. The summed E-state index contributed by atoms with van der Waals surface area (Å²) in [6.07, 6.45) is -23.8. The van der Waals surface area contributed by atoms with Gasteiger partial charge in [-0.15, -0.1) is 22.7 Å². The fourth-order valence-corrected chi connectivity index (χ4v) is 9.16. The third-order valence-electron chi connectivity index (χ3n) is 9.14. The maximum Gasteiger partial charge on any atom is 0.399 e. The van der Waals surface area contributed by atoms with Crippen molar-refractivity contribution in [3.05, 3.63) is 70.8 Å². The minimum atomic E-state index is -4.84. The van der Waals surface area contributed by atoms with Crippen molar-refractivity contribution in [3.8, 4) is 20.9 Å². The number of alkyl halides is 9. The highest BCUT2D eigenvalue weighted by atomic mass is 32.1. The third kappa shape index (κ3) is 10.7. The second kappa shape index (κ2) is 16.3. The number of halogens is 9. The van der Waals surface area contributed by atoms with E-state index in [2.05, 4.69) is 0 Å². The van der Waals surface area contributed by atoms with E-state index in [4.69, 9.17) is 18.9 Å². The van der Waals surface area contributed by atoms with E-state index < -0.39 is 86.1 Å². The largest absolute Gasteiger partial charge is 0.457 e. The standard InChI is InChI=1S/C38H31F9O8S2/c1-2-32(48)52-24-7-9-26(54-34(50)16-37(42,43)44)22-11-18(3-5-20(22)24)28-13-30-31(56-28)14-29(57-30)19-4-6-21-23(12-19)27(55-35(51)17-38(45,46)47)10-8-25(21)53-33(49)15-36(39,40)41/h3-6,11-14,24-27H,2,7-10,15-17H2,1H3. The Balaban J connectivity index is 1.29. The molecule has 0 N–H and O–H groups in total. The van der Waals surface area contributed by atoms with Gasteiger partial charge in [0.15, 0.2) is 0 Å². The molecule has 0 bridgehead atoms. The number of hydrogen-bond acceptors (Lipinski definition) is 10. The van der Waals surface area contributed by atoms with Crippen molar-refractivity contribution >= 4 is 56.0 Å². The smallest absolute Gasteiger partial charge is 0.399 e. The zero-order chi connectivity index (χ0) is 41.4. The zero-order valence-electron chi connectivity index (χ0n) is 29.6. The first kappa shape index (κ1) is 42.0. The van der Waals surface area contributed by atoms with Gasteiger partial charge in [-0.2, -0.15) is 39.5 Å². The monoisotopic (exact) mass is 850 g/mol. The van der Waals surface area contributed by atoms with Crippen LogP contribution in [-0.2, 0) is 38.1 Å². The molecule has 0 saturated carbocycles. The first-order chi connectivity index (χ1) is 26.6. The second-order valence-corrected chi connectivity index (χ2v) is 15.6. The van der Waals surface area contributed by atoms with Crippen molar-refractivity contribution in [2.24, 2.45) is 0 Å². The fraction of sp³-hybridized carbons (Fsp3) is 0.421. The molecule has 8 nitrogen and oxygen atoms in total. The first-order valence-electron chi connectivity index (χ1n) is 17.4. The Morgan fingerprint density at radius 1 is 0.509 bits per heavy atom. The Kier molecular flexibility index (Phi) is 12.0. The van der Waals surface area contributed by atoms with E-state index in [1.165, 1.54) is 34.8 Å². The summed E-state index contributed by atoms with van der Waals surface area (Å²) in [6.45, 7) is 1.62. The number of benzene rings is 2. The second-order valence-electron chi connectivity index (χ2n) is 13.4.